The first-order chi connectivity index (χ1) is 39.0. The van der Waals surface area contributed by atoms with Gasteiger partial charge in [-0.1, -0.05) is 211 Å². The fourth-order valence-corrected chi connectivity index (χ4v) is 2.46. The fraction of sp³-hybridized carbons (Fsp3) is 1.00. The minimum atomic E-state index is -5.24. The third kappa shape index (κ3) is 105. The van der Waals surface area contributed by atoms with E-state index in [1.165, 1.54) is 46.5 Å². The van der Waals surface area contributed by atoms with Crippen molar-refractivity contribution in [3.63, 3.8) is 0 Å². The van der Waals surface area contributed by atoms with Crippen LogP contribution < -0.4 is 0 Å². The normalized spacial score (nSPS) is 14.0. The van der Waals surface area contributed by atoms with Crippen molar-refractivity contribution in [2.75, 3.05) is 0 Å². The van der Waals surface area contributed by atoms with Crippen LogP contribution in [0.2, 0.25) is 0 Å². The van der Waals surface area contributed by atoms with E-state index in [1.807, 2.05) is 27.7 Å². The van der Waals surface area contributed by atoms with Crippen LogP contribution in [0.5, 0.6) is 0 Å². The topological polar surface area (TPSA) is 0 Å². The predicted octanol–water partition coefficient (Wildman–Crippen LogP) is 30.0. The number of rotatable bonds is 11. The average molecular weight is 1390 g/mol. The van der Waals surface area contributed by atoms with Crippen LogP contribution in [0.1, 0.15) is 266 Å². The smallest absolute Gasteiger partial charge is 0.171 e. The van der Waals surface area contributed by atoms with Gasteiger partial charge in [0.1, 0.15) is 0 Å². The van der Waals surface area contributed by atoms with Gasteiger partial charge in [0.25, 0.3) is 0 Å². The standard InChI is InChI=1S/C6H8F6.2C6H11F3.C5H6F6.2C5H9F3.2C5H12.2C4H7F3.2C4H10/c1-4(6(10,11)12)2-3-5(7,8)9;1-3-4-5(2)6(7,8)9;1-2-3-4-5-6(7,8)9;1-3(2,4(6,7)8)5(9,10)11;1-4(2,3)5(6,7)8;1-3-4(2)5(6,7)8;1-4-5(2)3;1-3-5-4-2;2*1-3(2)4(5,6)7;2*1-4(2)3/h4H,2-3H2,1H3;5H,3-4H2,1-2H3;2-5H2,1H3;1-2H3;1-3H3;4H,3H2,1-2H3;5H,4H2,1-3H3;3-5H2,1-2H3;2*3H,1-2H3;2*4H,1-3H3/t4-;5-;;;;;;;;;;/m00........../s1/i;;;;;;;;3D;;4D;. The lowest BCUT2D eigenvalue weighted by Gasteiger charge is -2.29. The lowest BCUT2D eigenvalue weighted by Crippen LogP contribution is -2.44. The Hall–Kier alpha value is -2.10. The van der Waals surface area contributed by atoms with Crippen LogP contribution in [-0.2, 0) is 0 Å². The maximum Gasteiger partial charge on any atom is 0.402 e. The molecule has 0 saturated carbocycles. The second-order valence-corrected chi connectivity index (χ2v) is 23.7. The van der Waals surface area contributed by atoms with Crippen molar-refractivity contribution < 1.29 is 134 Å². The third-order valence-electron chi connectivity index (χ3n) is 9.95. The number of alkyl halides is 30. The molecule has 0 radical (unpaired) electrons. The van der Waals surface area contributed by atoms with E-state index in [9.17, 15) is 132 Å². The molecule has 0 aromatic carbocycles. The van der Waals surface area contributed by atoms with E-state index in [0.717, 1.165) is 73.6 Å². The van der Waals surface area contributed by atoms with E-state index in [1.54, 1.807) is 6.92 Å². The molecule has 3 atom stereocenters. The Labute approximate surface area is 517 Å². The second-order valence-electron chi connectivity index (χ2n) is 23.7. The molecule has 0 saturated heterocycles. The molecule has 0 aliphatic carbocycles. The molecular weight excluding hydrogens is 1280 g/mol. The molecule has 0 spiro atoms. The molecule has 0 bridgehead atoms. The number of hydrogen-bond acceptors (Lipinski definition) is 0. The van der Waals surface area contributed by atoms with Crippen molar-refractivity contribution in [2.45, 2.75) is 325 Å². The van der Waals surface area contributed by atoms with Gasteiger partial charge in [-0.2, -0.15) is 132 Å². The molecule has 0 aromatic rings. The van der Waals surface area contributed by atoms with Crippen molar-refractivity contribution in [1.29, 1.82) is 0 Å². The Bertz CT molecular complexity index is 1460. The number of hydrogen-bond donors (Lipinski definition) is 0. The Morgan fingerprint density at radius 1 is 0.303 bits per heavy atom. The van der Waals surface area contributed by atoms with Crippen LogP contribution in [0, 0.1) is 58.1 Å². The molecule has 0 amide bonds. The van der Waals surface area contributed by atoms with E-state index >= 15 is 0 Å². The Kier molecular flexibility index (Phi) is 66.0. The van der Waals surface area contributed by atoms with Crippen molar-refractivity contribution in [1.82, 2.24) is 0 Å². The summed E-state index contributed by atoms with van der Waals surface area (Å²) in [7, 11) is 0. The molecule has 0 N–H and O–H groups in total. The molecule has 1 unspecified atom stereocenters. The van der Waals surface area contributed by atoms with Crippen LogP contribution in [0.15, 0.2) is 0 Å². The van der Waals surface area contributed by atoms with Crippen LogP contribution in [-0.4, -0.2) is 61.8 Å². The van der Waals surface area contributed by atoms with Gasteiger partial charge in [0, 0.05) is 27.4 Å². The highest BCUT2D eigenvalue weighted by Gasteiger charge is 2.64. The zero-order valence-corrected chi connectivity index (χ0v) is 57.0. The maximum absolute atomic E-state index is 11.7. The van der Waals surface area contributed by atoms with Gasteiger partial charge in [-0.3, -0.25) is 0 Å². The van der Waals surface area contributed by atoms with Gasteiger partial charge in [-0.15, -0.1) is 0 Å². The van der Waals surface area contributed by atoms with E-state index in [0.29, 0.717) is 12.8 Å². The summed E-state index contributed by atoms with van der Waals surface area (Å²) in [6, 6.07) is 0. The van der Waals surface area contributed by atoms with Crippen molar-refractivity contribution in [3.8, 4) is 0 Å². The zero-order chi connectivity index (χ0) is 77.7. The summed E-state index contributed by atoms with van der Waals surface area (Å²) in [5.74, 6) is -6.22. The molecule has 30 heteroatoms. The van der Waals surface area contributed by atoms with Crippen LogP contribution >= 0.6 is 0 Å². The van der Waals surface area contributed by atoms with Crippen molar-refractivity contribution in [3.05, 3.63) is 0 Å². The van der Waals surface area contributed by atoms with Gasteiger partial charge >= 0.3 is 61.8 Å². The van der Waals surface area contributed by atoms with E-state index in [2.05, 4.69) is 55.4 Å². The number of halogens is 30. The minimum Gasteiger partial charge on any atom is -0.171 e. The molecule has 0 aliphatic rings. The number of unbranched alkanes of at least 4 members (excludes halogenated alkanes) is 4. The van der Waals surface area contributed by atoms with Gasteiger partial charge < -0.3 is 0 Å². The highest BCUT2D eigenvalue weighted by atomic mass is 19.4. The first kappa shape index (κ1) is 108. The first-order valence-corrected chi connectivity index (χ1v) is 28.7. The third-order valence-corrected chi connectivity index (χ3v) is 9.95. The van der Waals surface area contributed by atoms with Gasteiger partial charge in [0.2, 0.25) is 0 Å². The summed E-state index contributed by atoms with van der Waals surface area (Å²) in [6.45, 7) is 38.9. The SMILES string of the molecule is CC(C)(C(F)(F)F)C(F)(F)F.CC(C)(C)C(F)(F)F.CC(C)C.CC(C)C(F)(F)F.CCC(C)C.CCC(C)C(F)(F)F.CCCCC.CCCCCC(F)(F)F.CCC[C@H](C)C(F)(F)F.C[C@@H](CCC(F)(F)F)C(F)(F)F.[2H]C(C)(C)C.[2H]C(C)(C)C(F)(F)F. The molecule has 0 nitrogen and oxygen atoms in total. The molecule has 0 rings (SSSR count). The Morgan fingerprint density at radius 3 is 0.607 bits per heavy atom. The second kappa shape index (κ2) is 54.2. The van der Waals surface area contributed by atoms with Crippen molar-refractivity contribution in [2.24, 2.45) is 58.1 Å². The summed E-state index contributed by atoms with van der Waals surface area (Å²) >= 11 is 0. The summed E-state index contributed by atoms with van der Waals surface area (Å²) in [6.07, 6.45) is -38.6. The lowest BCUT2D eigenvalue weighted by molar-refractivity contribution is -0.327. The summed E-state index contributed by atoms with van der Waals surface area (Å²) < 4.78 is 358. The molecule has 0 heterocycles. The molecular formula is C59H112F30. The lowest BCUT2D eigenvalue weighted by atomic mass is 9.92. The first-order valence-electron chi connectivity index (χ1n) is 29.7. The molecule has 89 heavy (non-hydrogen) atoms. The summed E-state index contributed by atoms with van der Waals surface area (Å²) in [5, 5.41) is 0. The summed E-state index contributed by atoms with van der Waals surface area (Å²) in [5.41, 5.74) is -5.19. The predicted molar refractivity (Wildman–Crippen MR) is 301 cm³/mol. The van der Waals surface area contributed by atoms with E-state index in [4.69, 9.17) is 2.74 Å². The zero-order valence-electron chi connectivity index (χ0n) is 59.0. The van der Waals surface area contributed by atoms with Crippen LogP contribution in [0.25, 0.3) is 0 Å². The molecule has 558 valence electrons. The van der Waals surface area contributed by atoms with Crippen molar-refractivity contribution >= 4 is 0 Å². The fourth-order valence-electron chi connectivity index (χ4n) is 2.46. The minimum absolute atomic E-state index is 0.104. The van der Waals surface area contributed by atoms with Gasteiger partial charge in [-0.05, 0) is 57.3 Å². The highest BCUT2D eigenvalue weighted by molar-refractivity contribution is 4.84. The quantitative estimate of drug-likeness (QED) is 0.143. The summed E-state index contributed by atoms with van der Waals surface area (Å²) in [4.78, 5) is 0. The van der Waals surface area contributed by atoms with E-state index < -0.39 is 121 Å². The molecule has 0 fully saturated rings. The van der Waals surface area contributed by atoms with Gasteiger partial charge in [-0.25, -0.2) is 0 Å². The monoisotopic (exact) mass is 1390 g/mol. The molecule has 0 aromatic heterocycles. The van der Waals surface area contributed by atoms with Gasteiger partial charge in [0.05, 0.1) is 23.2 Å². The van der Waals surface area contributed by atoms with Crippen LogP contribution in [0.4, 0.5) is 132 Å². The Balaban J connectivity index is -0.0000000757. The van der Waals surface area contributed by atoms with Gasteiger partial charge in [0.15, 0.2) is 5.41 Å². The molecule has 0 aliphatic heterocycles. The van der Waals surface area contributed by atoms with E-state index in [-0.39, 0.29) is 39.0 Å². The maximum atomic E-state index is 11.7. The average Bonchev–Trinajstić information content (AvgIpc) is 3.25. The van der Waals surface area contributed by atoms with Crippen LogP contribution in [0.3, 0.4) is 0 Å². The highest BCUT2D eigenvalue weighted by Crippen LogP contribution is 2.49. The Morgan fingerprint density at radius 2 is 0.528 bits per heavy atom. The largest absolute Gasteiger partial charge is 0.402 e.